The van der Waals surface area contributed by atoms with Crippen molar-refractivity contribution < 1.29 is 19.7 Å². The summed E-state index contributed by atoms with van der Waals surface area (Å²) in [5.41, 5.74) is 1.99. The lowest BCUT2D eigenvalue weighted by Crippen LogP contribution is -2.00. The van der Waals surface area contributed by atoms with Gasteiger partial charge in [0.15, 0.2) is 11.5 Å². The molecule has 4 N–H and O–H groups in total. The molecule has 0 spiro atoms. The zero-order chi connectivity index (χ0) is 30.9. The molecule has 0 bridgehead atoms. The molecule has 6 nitrogen and oxygen atoms in total. The summed E-state index contributed by atoms with van der Waals surface area (Å²) in [4.78, 5) is 1.15. The summed E-state index contributed by atoms with van der Waals surface area (Å²) >= 11 is 28.6. The number of thiophene rings is 1. The molecule has 0 saturated heterocycles. The number of hydrogen-bond donors (Lipinski definition) is 4. The number of phenolic OH excluding ortho intramolecular Hbond substituents is 2. The van der Waals surface area contributed by atoms with Crippen LogP contribution in [0.1, 0.15) is 10.4 Å². The van der Waals surface area contributed by atoms with Gasteiger partial charge < -0.3 is 30.3 Å². The van der Waals surface area contributed by atoms with E-state index in [2.05, 4.69) is 26.6 Å². The number of nitrogens with one attached hydrogen (secondary N) is 2. The molecular formula is C31H25BrCl4N2O4S. The minimum Gasteiger partial charge on any atom is -0.504 e. The number of halogens is 5. The van der Waals surface area contributed by atoms with Gasteiger partial charge >= 0.3 is 0 Å². The van der Waals surface area contributed by atoms with Gasteiger partial charge in [-0.3, -0.25) is 0 Å². The van der Waals surface area contributed by atoms with Crippen molar-refractivity contribution in [2.75, 3.05) is 17.7 Å². The van der Waals surface area contributed by atoms with Gasteiger partial charge in [-0.25, -0.2) is 0 Å². The molecule has 0 amide bonds. The summed E-state index contributed by atoms with van der Waals surface area (Å²) in [7, 11) is 1.62. The fourth-order valence-corrected chi connectivity index (χ4v) is 6.14. The van der Waals surface area contributed by atoms with Gasteiger partial charge in [0.1, 0.15) is 17.2 Å². The van der Waals surface area contributed by atoms with Crippen LogP contribution in [0.3, 0.4) is 0 Å². The van der Waals surface area contributed by atoms with E-state index >= 15 is 0 Å². The number of phenols is 2. The van der Waals surface area contributed by atoms with Crippen molar-refractivity contribution in [3.8, 4) is 28.7 Å². The summed E-state index contributed by atoms with van der Waals surface area (Å²) in [6.45, 7) is 1.09. The molecule has 43 heavy (non-hydrogen) atoms. The van der Waals surface area contributed by atoms with E-state index < -0.39 is 0 Å². The van der Waals surface area contributed by atoms with Crippen LogP contribution in [0.2, 0.25) is 20.1 Å². The molecule has 1 aromatic heterocycles. The number of anilines is 2. The summed E-state index contributed by atoms with van der Waals surface area (Å²) in [6.07, 6.45) is 0. The number of ether oxygens (including phenoxy) is 2. The summed E-state index contributed by atoms with van der Waals surface area (Å²) in [5.74, 6) is 2.20. The Morgan fingerprint density at radius 1 is 0.698 bits per heavy atom. The maximum absolute atomic E-state index is 10.0. The highest BCUT2D eigenvalue weighted by molar-refractivity contribution is 9.11. The van der Waals surface area contributed by atoms with Crippen LogP contribution in [0.4, 0.5) is 11.4 Å². The van der Waals surface area contributed by atoms with Crippen molar-refractivity contribution in [3.63, 3.8) is 0 Å². The molecule has 12 heteroatoms. The Balaban J connectivity index is 0.000000215. The molecule has 0 saturated carbocycles. The number of methoxy groups -OCH3 is 1. The van der Waals surface area contributed by atoms with E-state index in [0.29, 0.717) is 40.3 Å². The molecule has 0 radical (unpaired) electrons. The van der Waals surface area contributed by atoms with Crippen LogP contribution in [0.25, 0.3) is 0 Å². The van der Waals surface area contributed by atoms with Crippen LogP contribution in [0.15, 0.2) is 88.7 Å². The molecule has 0 aliphatic heterocycles. The minimum atomic E-state index is -0.0262. The second-order valence-electron chi connectivity index (χ2n) is 8.91. The summed E-state index contributed by atoms with van der Waals surface area (Å²) in [5, 5.41) is 27.4. The molecule has 224 valence electrons. The fourth-order valence-electron chi connectivity index (χ4n) is 3.73. The molecule has 0 aliphatic carbocycles. The van der Waals surface area contributed by atoms with Crippen LogP contribution in [-0.2, 0) is 13.1 Å². The van der Waals surface area contributed by atoms with Gasteiger partial charge in [0.25, 0.3) is 0 Å². The molecule has 0 aliphatic rings. The first-order valence-corrected chi connectivity index (χ1v) is 15.7. The van der Waals surface area contributed by atoms with E-state index in [-0.39, 0.29) is 21.5 Å². The van der Waals surface area contributed by atoms with Gasteiger partial charge in [0.2, 0.25) is 0 Å². The third-order valence-electron chi connectivity index (χ3n) is 5.81. The average molecular weight is 743 g/mol. The quantitative estimate of drug-likeness (QED) is 0.113. The summed E-state index contributed by atoms with van der Waals surface area (Å²) in [6, 6.07) is 25.3. The topological polar surface area (TPSA) is 83.0 Å². The van der Waals surface area contributed by atoms with Gasteiger partial charge in [-0.05, 0) is 94.3 Å². The zero-order valence-corrected chi connectivity index (χ0v) is 27.9. The number of benzene rings is 4. The fraction of sp³-hybridized carbons (Fsp3) is 0.0968. The first-order chi connectivity index (χ1) is 20.6. The number of aromatic hydroxyl groups is 2. The lowest BCUT2D eigenvalue weighted by molar-refractivity contribution is 0.413. The second kappa shape index (κ2) is 15.7. The smallest absolute Gasteiger partial charge is 0.157 e. The highest BCUT2D eigenvalue weighted by Crippen LogP contribution is 2.37. The lowest BCUT2D eigenvalue weighted by atomic mass is 10.2. The first-order valence-electron chi connectivity index (χ1n) is 12.6. The number of rotatable bonds is 9. The van der Waals surface area contributed by atoms with E-state index in [1.165, 1.54) is 12.1 Å². The van der Waals surface area contributed by atoms with Gasteiger partial charge in [-0.2, -0.15) is 0 Å². The van der Waals surface area contributed by atoms with E-state index in [1.807, 2.05) is 60.7 Å². The molecule has 0 atom stereocenters. The highest BCUT2D eigenvalue weighted by atomic mass is 79.9. The van der Waals surface area contributed by atoms with Crippen molar-refractivity contribution in [2.45, 2.75) is 13.1 Å². The van der Waals surface area contributed by atoms with E-state index in [1.54, 1.807) is 30.6 Å². The standard InChI is InChI=1S/C20H17Cl2NO3.C11H8BrCl2NOS/c1-25-15-5-7-16(8-6-15)26-17-4-2-3-13(9-17)12-23-19-11-14(21)10-18(22)20(19)24;12-10-2-1-7(17-10)5-15-9-4-6(13)3-8(14)11(9)16/h2-11,23-24H,12H2,1H3;1-4,15-16H,5H2. The average Bonchev–Trinajstić information content (AvgIpc) is 3.41. The minimum absolute atomic E-state index is 0.0201. The predicted octanol–water partition coefficient (Wildman–Crippen LogP) is 11.2. The molecule has 0 fully saturated rings. The summed E-state index contributed by atoms with van der Waals surface area (Å²) < 4.78 is 12.1. The van der Waals surface area contributed by atoms with E-state index in [4.69, 9.17) is 55.9 Å². The molecule has 5 aromatic rings. The Morgan fingerprint density at radius 2 is 1.28 bits per heavy atom. The monoisotopic (exact) mass is 740 g/mol. The highest BCUT2D eigenvalue weighted by Gasteiger charge is 2.09. The Bertz CT molecular complexity index is 1690. The maximum atomic E-state index is 10.0. The third kappa shape index (κ3) is 9.76. The first kappa shape index (κ1) is 32.9. The van der Waals surface area contributed by atoms with Gasteiger partial charge in [0.05, 0.1) is 32.3 Å². The third-order valence-corrected chi connectivity index (χ3v) is 8.45. The van der Waals surface area contributed by atoms with Crippen molar-refractivity contribution >= 4 is 85.0 Å². The Hall–Kier alpha value is -2.98. The largest absolute Gasteiger partial charge is 0.504 e. The Kier molecular flexibility index (Phi) is 12.0. The van der Waals surface area contributed by atoms with Crippen molar-refractivity contribution in [3.05, 3.63) is 119 Å². The van der Waals surface area contributed by atoms with Crippen molar-refractivity contribution in [2.24, 2.45) is 0 Å². The zero-order valence-electron chi connectivity index (χ0n) is 22.5. The van der Waals surface area contributed by atoms with Crippen LogP contribution in [0, 0.1) is 0 Å². The SMILES string of the molecule is COc1ccc(Oc2cccc(CNc3cc(Cl)cc(Cl)c3O)c2)cc1.Oc1c(Cl)cc(Cl)cc1NCc1ccc(Br)s1. The Morgan fingerprint density at radius 3 is 1.84 bits per heavy atom. The maximum Gasteiger partial charge on any atom is 0.157 e. The van der Waals surface area contributed by atoms with Crippen molar-refractivity contribution in [1.29, 1.82) is 0 Å². The van der Waals surface area contributed by atoms with Gasteiger partial charge in [-0.15, -0.1) is 11.3 Å². The number of hydrogen-bond acceptors (Lipinski definition) is 7. The lowest BCUT2D eigenvalue weighted by Gasteiger charge is -2.12. The second-order valence-corrected chi connectivity index (χ2v) is 13.1. The molecule has 5 rings (SSSR count). The normalized spacial score (nSPS) is 10.5. The van der Waals surface area contributed by atoms with Crippen LogP contribution in [0.5, 0.6) is 28.7 Å². The van der Waals surface area contributed by atoms with E-state index in [9.17, 15) is 10.2 Å². The van der Waals surface area contributed by atoms with Crippen LogP contribution < -0.4 is 20.1 Å². The van der Waals surface area contributed by atoms with Crippen LogP contribution >= 0.6 is 73.7 Å². The van der Waals surface area contributed by atoms with Gasteiger partial charge in [0, 0.05) is 28.0 Å². The molecule has 0 unspecified atom stereocenters. The molecule has 4 aromatic carbocycles. The predicted molar refractivity (Wildman–Crippen MR) is 182 cm³/mol. The van der Waals surface area contributed by atoms with Crippen LogP contribution in [-0.4, -0.2) is 17.3 Å². The Labute approximate surface area is 281 Å². The van der Waals surface area contributed by atoms with E-state index in [0.717, 1.165) is 25.7 Å². The van der Waals surface area contributed by atoms with Gasteiger partial charge in [-0.1, -0.05) is 58.5 Å². The van der Waals surface area contributed by atoms with Crippen molar-refractivity contribution in [1.82, 2.24) is 0 Å². The molecular weight excluding hydrogens is 718 g/mol. The molecule has 1 heterocycles.